The van der Waals surface area contributed by atoms with Crippen LogP contribution < -0.4 is 31.3 Å². The zero-order valence-electron chi connectivity index (χ0n) is 27.3. The van der Waals surface area contributed by atoms with E-state index >= 15 is 0 Å². The molecule has 2 aliphatic rings. The van der Waals surface area contributed by atoms with Crippen molar-refractivity contribution in [2.24, 2.45) is 5.92 Å². The predicted molar refractivity (Wildman–Crippen MR) is 173 cm³/mol. The second-order valence-corrected chi connectivity index (χ2v) is 12.3. The van der Waals surface area contributed by atoms with E-state index in [0.29, 0.717) is 25.0 Å². The van der Waals surface area contributed by atoms with Gasteiger partial charge in [0.25, 0.3) is 5.91 Å². The Kier molecular flexibility index (Phi) is 11.9. The molecular formula is C34H44N6O7. The van der Waals surface area contributed by atoms with Gasteiger partial charge in [0.1, 0.15) is 29.9 Å². The van der Waals surface area contributed by atoms with Crippen LogP contribution in [0.3, 0.4) is 0 Å². The maximum absolute atomic E-state index is 13.6. The Bertz CT molecular complexity index is 1480. The molecule has 13 nitrogen and oxygen atoms in total. The van der Waals surface area contributed by atoms with Crippen LogP contribution in [0, 0.1) is 5.92 Å². The maximum Gasteiger partial charge on any atom is 0.251 e. The van der Waals surface area contributed by atoms with Crippen molar-refractivity contribution in [3.05, 3.63) is 65.2 Å². The minimum Gasteiger partial charge on any atom is -0.493 e. The van der Waals surface area contributed by atoms with Gasteiger partial charge < -0.3 is 36.2 Å². The van der Waals surface area contributed by atoms with Crippen molar-refractivity contribution in [1.82, 2.24) is 31.5 Å². The third-order valence-electron chi connectivity index (χ3n) is 8.22. The summed E-state index contributed by atoms with van der Waals surface area (Å²) in [7, 11) is 1.48. The third-order valence-corrected chi connectivity index (χ3v) is 8.22. The molecule has 0 aliphatic carbocycles. The molecule has 0 unspecified atom stereocenters. The van der Waals surface area contributed by atoms with E-state index in [4.69, 9.17) is 4.74 Å². The standard InChI is InChI=1S/C34H44N6O7/c1-20(2)29-33(45)36-21(3)30(42)38-26(17-22-9-6-5-7-10-22)34(46)40(4)19-28(41)35-15-8-11-25(32(44)39-29)37-31(43)24-12-13-27-23(18-24)14-16-47-27/h5-7,9-10,12-13,18,20-21,25-26,29H,8,11,14-17,19H2,1-4H3,(H,35,41)(H,36,45)(H,37,43)(H,38,42)(H,39,44)/t21-,25+,26+,29-/m1/s1. The van der Waals surface area contributed by atoms with Crippen LogP contribution >= 0.6 is 0 Å². The Morgan fingerprint density at radius 1 is 0.979 bits per heavy atom. The van der Waals surface area contributed by atoms with E-state index in [1.807, 2.05) is 30.3 Å². The first kappa shape index (κ1) is 34.9. The minimum absolute atomic E-state index is 0.158. The lowest BCUT2D eigenvalue weighted by atomic mass is 10.0. The van der Waals surface area contributed by atoms with Gasteiger partial charge in [0, 0.05) is 32.0 Å². The highest BCUT2D eigenvalue weighted by atomic mass is 16.5. The van der Waals surface area contributed by atoms with E-state index in [9.17, 15) is 28.8 Å². The number of likely N-dealkylation sites (N-methyl/N-ethyl adjacent to an activating group) is 1. The molecule has 2 aromatic carbocycles. The van der Waals surface area contributed by atoms with Crippen molar-refractivity contribution in [2.75, 3.05) is 26.7 Å². The monoisotopic (exact) mass is 648 g/mol. The van der Waals surface area contributed by atoms with Gasteiger partial charge in [0.05, 0.1) is 13.2 Å². The molecule has 1 fully saturated rings. The molecule has 2 heterocycles. The molecule has 0 radical (unpaired) electrons. The molecule has 252 valence electrons. The predicted octanol–water partition coefficient (Wildman–Crippen LogP) is 0.461. The fourth-order valence-electron chi connectivity index (χ4n) is 5.49. The molecule has 0 saturated carbocycles. The average Bonchev–Trinajstić information content (AvgIpc) is 3.52. The number of nitrogens with one attached hydrogen (secondary N) is 5. The molecule has 13 heteroatoms. The van der Waals surface area contributed by atoms with Gasteiger partial charge in [-0.2, -0.15) is 0 Å². The Morgan fingerprint density at radius 2 is 1.72 bits per heavy atom. The number of benzene rings is 2. The second-order valence-electron chi connectivity index (χ2n) is 12.3. The smallest absolute Gasteiger partial charge is 0.251 e. The van der Waals surface area contributed by atoms with Crippen LogP contribution in [0.5, 0.6) is 5.75 Å². The molecule has 0 aromatic heterocycles. The Balaban J connectivity index is 1.54. The Morgan fingerprint density at radius 3 is 2.45 bits per heavy atom. The number of hydrogen-bond donors (Lipinski definition) is 5. The zero-order chi connectivity index (χ0) is 34.1. The summed E-state index contributed by atoms with van der Waals surface area (Å²) in [6.07, 6.45) is 1.33. The largest absolute Gasteiger partial charge is 0.493 e. The van der Waals surface area contributed by atoms with Gasteiger partial charge in [0.15, 0.2) is 0 Å². The summed E-state index contributed by atoms with van der Waals surface area (Å²) in [4.78, 5) is 81.0. The molecular weight excluding hydrogens is 604 g/mol. The summed E-state index contributed by atoms with van der Waals surface area (Å²) in [6.45, 7) is 5.44. The number of nitrogens with zero attached hydrogens (tertiary/aromatic N) is 1. The molecule has 4 rings (SSSR count). The van der Waals surface area contributed by atoms with Gasteiger partial charge in [0.2, 0.25) is 29.5 Å². The molecule has 47 heavy (non-hydrogen) atoms. The fourth-order valence-corrected chi connectivity index (χ4v) is 5.49. The van der Waals surface area contributed by atoms with Crippen molar-refractivity contribution < 1.29 is 33.5 Å². The minimum atomic E-state index is -1.06. The second kappa shape index (κ2) is 16.1. The quantitative estimate of drug-likeness (QED) is 0.313. The number of hydrogen-bond acceptors (Lipinski definition) is 7. The normalized spacial score (nSPS) is 23.3. The van der Waals surface area contributed by atoms with Crippen molar-refractivity contribution in [3.8, 4) is 5.75 Å². The van der Waals surface area contributed by atoms with Crippen LogP contribution in [-0.2, 0) is 36.8 Å². The summed E-state index contributed by atoms with van der Waals surface area (Å²) in [5, 5.41) is 13.7. The first-order chi connectivity index (χ1) is 22.4. The number of carbonyl (C=O) groups is 6. The fraction of sp³-hybridized carbons (Fsp3) is 0.471. The van der Waals surface area contributed by atoms with Gasteiger partial charge in [-0.05, 0) is 55.0 Å². The van der Waals surface area contributed by atoms with Crippen molar-refractivity contribution in [3.63, 3.8) is 0 Å². The van der Waals surface area contributed by atoms with Crippen LogP contribution in [0.2, 0.25) is 0 Å². The Labute approximate surface area is 274 Å². The van der Waals surface area contributed by atoms with Gasteiger partial charge in [-0.3, -0.25) is 28.8 Å². The van der Waals surface area contributed by atoms with Crippen LogP contribution in [0.4, 0.5) is 0 Å². The van der Waals surface area contributed by atoms with Gasteiger partial charge >= 0.3 is 0 Å². The first-order valence-electron chi connectivity index (χ1n) is 16.0. The van der Waals surface area contributed by atoms with Crippen molar-refractivity contribution in [2.45, 2.75) is 70.6 Å². The number of rotatable bonds is 5. The topological polar surface area (TPSA) is 175 Å². The van der Waals surface area contributed by atoms with E-state index in [2.05, 4.69) is 26.6 Å². The molecule has 6 amide bonds. The summed E-state index contributed by atoms with van der Waals surface area (Å²) in [5.41, 5.74) is 2.07. The molecule has 2 aliphatic heterocycles. The summed E-state index contributed by atoms with van der Waals surface area (Å²) >= 11 is 0. The maximum atomic E-state index is 13.6. The van der Waals surface area contributed by atoms with E-state index in [-0.39, 0.29) is 31.8 Å². The lowest BCUT2D eigenvalue weighted by Crippen LogP contribution is -2.59. The van der Waals surface area contributed by atoms with E-state index < -0.39 is 59.6 Å². The summed E-state index contributed by atoms with van der Waals surface area (Å²) < 4.78 is 5.52. The SMILES string of the molecule is CC(C)[C@H]1NC(=O)[C@@H](NC(=O)c2ccc3c(c2)CCO3)CCCNC(=O)CN(C)C(=O)[C@H](Cc2ccccc2)NC(=O)[C@@H](C)NC1=O. The molecule has 0 bridgehead atoms. The highest BCUT2D eigenvalue weighted by Crippen LogP contribution is 2.26. The van der Waals surface area contributed by atoms with Crippen LogP contribution in [0.1, 0.15) is 55.1 Å². The summed E-state index contributed by atoms with van der Waals surface area (Å²) in [5.74, 6) is -2.77. The summed E-state index contributed by atoms with van der Waals surface area (Å²) in [6, 6.07) is 10.1. The number of fused-ring (bicyclic) bond motifs is 1. The van der Waals surface area contributed by atoms with Crippen LogP contribution in [0.15, 0.2) is 48.5 Å². The number of carbonyl (C=O) groups excluding carboxylic acids is 6. The molecule has 0 spiro atoms. The molecule has 4 atom stereocenters. The highest BCUT2D eigenvalue weighted by molar-refractivity contribution is 5.99. The molecule has 5 N–H and O–H groups in total. The average molecular weight is 649 g/mol. The number of amides is 6. The zero-order valence-corrected chi connectivity index (χ0v) is 27.3. The lowest BCUT2D eigenvalue weighted by Gasteiger charge is -2.28. The first-order valence-corrected chi connectivity index (χ1v) is 16.0. The van der Waals surface area contributed by atoms with Gasteiger partial charge in [-0.15, -0.1) is 0 Å². The van der Waals surface area contributed by atoms with Crippen LogP contribution in [0.25, 0.3) is 0 Å². The van der Waals surface area contributed by atoms with E-state index in [1.54, 1.807) is 32.0 Å². The van der Waals surface area contributed by atoms with Gasteiger partial charge in [-0.1, -0.05) is 44.2 Å². The van der Waals surface area contributed by atoms with Gasteiger partial charge in [-0.25, -0.2) is 0 Å². The Hall–Kier alpha value is -4.94. The van der Waals surface area contributed by atoms with E-state index in [1.165, 1.54) is 18.9 Å². The van der Waals surface area contributed by atoms with Crippen molar-refractivity contribution >= 4 is 35.4 Å². The molecule has 1 saturated heterocycles. The van der Waals surface area contributed by atoms with Crippen molar-refractivity contribution in [1.29, 1.82) is 0 Å². The molecule has 2 aromatic rings. The lowest BCUT2D eigenvalue weighted by molar-refractivity contribution is -0.139. The third kappa shape index (κ3) is 9.53. The number of ether oxygens (including phenoxy) is 1. The highest BCUT2D eigenvalue weighted by Gasteiger charge is 2.32. The van der Waals surface area contributed by atoms with E-state index in [0.717, 1.165) is 16.9 Å². The van der Waals surface area contributed by atoms with Crippen LogP contribution in [-0.4, -0.2) is 91.3 Å².